The van der Waals surface area contributed by atoms with Crippen LogP contribution in [-0.2, 0) is 13.0 Å². The Labute approximate surface area is 118 Å². The lowest BCUT2D eigenvalue weighted by Gasteiger charge is -2.09. The highest BCUT2D eigenvalue weighted by atomic mass is 16.3. The van der Waals surface area contributed by atoms with Gasteiger partial charge in [0.1, 0.15) is 11.4 Å². The summed E-state index contributed by atoms with van der Waals surface area (Å²) < 4.78 is 1.70. The lowest BCUT2D eigenvalue weighted by molar-refractivity contribution is 0.101. The third-order valence-corrected chi connectivity index (χ3v) is 3.18. The van der Waals surface area contributed by atoms with Gasteiger partial charge in [-0.25, -0.2) is 0 Å². The maximum Gasteiger partial charge on any atom is 0.273 e. The molecule has 1 amide bonds. The predicted octanol–water partition coefficient (Wildman–Crippen LogP) is 2.73. The summed E-state index contributed by atoms with van der Waals surface area (Å²) in [6.45, 7) is 6.45. The number of hydrogen-bond donors (Lipinski definition) is 2. The second kappa shape index (κ2) is 5.77. The number of phenols is 1. The van der Waals surface area contributed by atoms with Crippen LogP contribution in [0.1, 0.15) is 35.6 Å². The number of hydrogen-bond acceptors (Lipinski definition) is 3. The Morgan fingerprint density at radius 1 is 1.35 bits per heavy atom. The molecule has 1 heterocycles. The first-order chi connectivity index (χ1) is 9.55. The van der Waals surface area contributed by atoms with Crippen molar-refractivity contribution in [1.29, 1.82) is 0 Å². The summed E-state index contributed by atoms with van der Waals surface area (Å²) in [6, 6.07) is 6.67. The largest absolute Gasteiger partial charge is 0.508 e. The summed E-state index contributed by atoms with van der Waals surface area (Å²) in [5.74, 6) is 0.000193. The van der Waals surface area contributed by atoms with E-state index >= 15 is 0 Å². The molecule has 0 saturated carbocycles. The van der Waals surface area contributed by atoms with Gasteiger partial charge in [0.25, 0.3) is 5.91 Å². The monoisotopic (exact) mass is 273 g/mol. The van der Waals surface area contributed by atoms with Crippen molar-refractivity contribution in [3.8, 4) is 5.75 Å². The summed E-state index contributed by atoms with van der Waals surface area (Å²) in [4.78, 5) is 12.3. The fourth-order valence-electron chi connectivity index (χ4n) is 2.04. The lowest BCUT2D eigenvalue weighted by Crippen LogP contribution is -2.17. The predicted molar refractivity (Wildman–Crippen MR) is 78.1 cm³/mol. The SMILES string of the molecule is CCc1cc(C(=O)Nc2ccc(O)cc2C)n(CC)n1. The summed E-state index contributed by atoms with van der Waals surface area (Å²) in [7, 11) is 0. The van der Waals surface area contributed by atoms with E-state index in [1.165, 1.54) is 0 Å². The number of carbonyl (C=O) groups is 1. The molecular formula is C15H19N3O2. The number of phenolic OH excluding ortho intramolecular Hbond substituents is 1. The summed E-state index contributed by atoms with van der Waals surface area (Å²) >= 11 is 0. The molecule has 2 N–H and O–H groups in total. The van der Waals surface area contributed by atoms with Crippen molar-refractivity contribution in [2.24, 2.45) is 0 Å². The Kier molecular flexibility index (Phi) is 4.08. The molecule has 2 rings (SSSR count). The summed E-state index contributed by atoms with van der Waals surface area (Å²) in [5.41, 5.74) is 2.96. The van der Waals surface area contributed by atoms with Gasteiger partial charge >= 0.3 is 0 Å². The van der Waals surface area contributed by atoms with E-state index in [0.29, 0.717) is 17.9 Å². The number of aromatic hydroxyl groups is 1. The topological polar surface area (TPSA) is 67.2 Å². The molecule has 0 unspecified atom stereocenters. The molecule has 106 valence electrons. The van der Waals surface area contributed by atoms with Crippen molar-refractivity contribution < 1.29 is 9.90 Å². The molecule has 2 aromatic rings. The second-order valence-electron chi connectivity index (χ2n) is 4.64. The summed E-state index contributed by atoms with van der Waals surface area (Å²) in [6.07, 6.45) is 0.797. The molecule has 20 heavy (non-hydrogen) atoms. The number of benzene rings is 1. The number of amides is 1. The zero-order chi connectivity index (χ0) is 14.7. The van der Waals surface area contributed by atoms with Crippen molar-refractivity contribution >= 4 is 11.6 Å². The van der Waals surface area contributed by atoms with Gasteiger partial charge in [-0.1, -0.05) is 6.92 Å². The fraction of sp³-hybridized carbons (Fsp3) is 0.333. The van der Waals surface area contributed by atoms with Crippen LogP contribution in [0.3, 0.4) is 0 Å². The molecular weight excluding hydrogens is 254 g/mol. The van der Waals surface area contributed by atoms with Crippen molar-refractivity contribution in [3.05, 3.63) is 41.2 Å². The molecule has 0 aliphatic carbocycles. The molecule has 0 bridgehead atoms. The van der Waals surface area contributed by atoms with Gasteiger partial charge in [0.2, 0.25) is 0 Å². The van der Waals surface area contributed by atoms with Crippen LogP contribution in [0.5, 0.6) is 5.75 Å². The molecule has 0 aliphatic heterocycles. The first kappa shape index (κ1) is 14.1. The van der Waals surface area contributed by atoms with Gasteiger partial charge in [-0.2, -0.15) is 5.10 Å². The summed E-state index contributed by atoms with van der Waals surface area (Å²) in [5, 5.41) is 16.6. The van der Waals surface area contributed by atoms with E-state index in [-0.39, 0.29) is 11.7 Å². The Morgan fingerprint density at radius 2 is 2.10 bits per heavy atom. The van der Waals surface area contributed by atoms with E-state index in [1.54, 1.807) is 22.9 Å². The third kappa shape index (κ3) is 2.82. The highest BCUT2D eigenvalue weighted by molar-refractivity contribution is 6.03. The normalized spacial score (nSPS) is 10.6. The van der Waals surface area contributed by atoms with E-state index in [4.69, 9.17) is 0 Å². The molecule has 0 radical (unpaired) electrons. The molecule has 0 fully saturated rings. The maximum absolute atomic E-state index is 12.3. The van der Waals surface area contributed by atoms with Gasteiger partial charge in [-0.3, -0.25) is 9.48 Å². The molecule has 5 heteroatoms. The van der Waals surface area contributed by atoms with Crippen molar-refractivity contribution in [2.75, 3.05) is 5.32 Å². The zero-order valence-corrected chi connectivity index (χ0v) is 12.0. The first-order valence-electron chi connectivity index (χ1n) is 6.72. The first-order valence-corrected chi connectivity index (χ1v) is 6.72. The van der Waals surface area contributed by atoms with Gasteiger partial charge in [0.05, 0.1) is 5.69 Å². The number of nitrogens with one attached hydrogen (secondary N) is 1. The van der Waals surface area contributed by atoms with Crippen LogP contribution in [0.15, 0.2) is 24.3 Å². The Bertz CT molecular complexity index is 632. The minimum absolute atomic E-state index is 0.187. The number of aromatic nitrogens is 2. The molecule has 0 aliphatic rings. The van der Waals surface area contributed by atoms with Gasteiger partial charge in [-0.15, -0.1) is 0 Å². The molecule has 1 aromatic heterocycles. The average molecular weight is 273 g/mol. The standard InChI is InChI=1S/C15H19N3O2/c1-4-11-9-14(18(5-2)17-11)15(20)16-13-7-6-12(19)8-10(13)3/h6-9,19H,4-5H2,1-3H3,(H,16,20). The van der Waals surface area contributed by atoms with Gasteiger partial charge in [-0.05, 0) is 50.1 Å². The zero-order valence-electron chi connectivity index (χ0n) is 12.0. The van der Waals surface area contributed by atoms with Crippen LogP contribution in [0.4, 0.5) is 5.69 Å². The van der Waals surface area contributed by atoms with E-state index < -0.39 is 0 Å². The number of nitrogens with zero attached hydrogens (tertiary/aromatic N) is 2. The molecule has 1 aromatic carbocycles. The number of anilines is 1. The lowest BCUT2D eigenvalue weighted by atomic mass is 10.2. The maximum atomic E-state index is 12.3. The third-order valence-electron chi connectivity index (χ3n) is 3.18. The van der Waals surface area contributed by atoms with E-state index in [9.17, 15) is 9.90 Å². The molecule has 5 nitrogen and oxygen atoms in total. The molecule has 0 saturated heterocycles. The Balaban J connectivity index is 2.25. The van der Waals surface area contributed by atoms with E-state index in [1.807, 2.05) is 26.8 Å². The minimum atomic E-state index is -0.187. The van der Waals surface area contributed by atoms with Crippen LogP contribution < -0.4 is 5.32 Å². The number of rotatable bonds is 4. The highest BCUT2D eigenvalue weighted by Crippen LogP contribution is 2.21. The highest BCUT2D eigenvalue weighted by Gasteiger charge is 2.15. The van der Waals surface area contributed by atoms with Crippen LogP contribution in [0.25, 0.3) is 0 Å². The van der Waals surface area contributed by atoms with E-state index in [0.717, 1.165) is 17.7 Å². The smallest absolute Gasteiger partial charge is 0.273 e. The molecule has 0 spiro atoms. The van der Waals surface area contributed by atoms with Gasteiger partial charge in [0.15, 0.2) is 0 Å². The van der Waals surface area contributed by atoms with E-state index in [2.05, 4.69) is 10.4 Å². The fourth-order valence-corrected chi connectivity index (χ4v) is 2.04. The van der Waals surface area contributed by atoms with Crippen molar-refractivity contribution in [3.63, 3.8) is 0 Å². The van der Waals surface area contributed by atoms with Crippen LogP contribution in [-0.4, -0.2) is 20.8 Å². The average Bonchev–Trinajstić information content (AvgIpc) is 2.85. The van der Waals surface area contributed by atoms with Crippen molar-refractivity contribution in [1.82, 2.24) is 9.78 Å². The van der Waals surface area contributed by atoms with Gasteiger partial charge in [0, 0.05) is 12.2 Å². The Hall–Kier alpha value is -2.30. The van der Waals surface area contributed by atoms with Gasteiger partial charge < -0.3 is 10.4 Å². The van der Waals surface area contributed by atoms with Crippen LogP contribution in [0, 0.1) is 6.92 Å². The van der Waals surface area contributed by atoms with Crippen LogP contribution >= 0.6 is 0 Å². The second-order valence-corrected chi connectivity index (χ2v) is 4.64. The minimum Gasteiger partial charge on any atom is -0.508 e. The number of aryl methyl sites for hydroxylation is 3. The van der Waals surface area contributed by atoms with Crippen LogP contribution in [0.2, 0.25) is 0 Å². The molecule has 0 atom stereocenters. The van der Waals surface area contributed by atoms with Crippen molar-refractivity contribution in [2.45, 2.75) is 33.7 Å². The quantitative estimate of drug-likeness (QED) is 0.842. The Morgan fingerprint density at radius 3 is 2.70 bits per heavy atom. The number of carbonyl (C=O) groups excluding carboxylic acids is 1.